The van der Waals surface area contributed by atoms with E-state index >= 15 is 0 Å². The van der Waals surface area contributed by atoms with E-state index in [1.54, 1.807) is 0 Å². The maximum atomic E-state index is 0. The molecular formula is H3Cl5CoN-2. The van der Waals surface area contributed by atoms with Crippen molar-refractivity contribution in [2.24, 2.45) is 0 Å². The molecule has 0 amide bonds. The second-order valence-electron chi connectivity index (χ2n) is 0. The molecule has 0 rings (SSSR count). The van der Waals surface area contributed by atoms with Crippen LogP contribution in [0.2, 0.25) is 0 Å². The zero-order valence-corrected chi connectivity index (χ0v) is 7.75. The molecule has 0 atom stereocenters. The summed E-state index contributed by atoms with van der Waals surface area (Å²) in [4.78, 5) is 0. The molecule has 0 aliphatic heterocycles. The van der Waals surface area contributed by atoms with Crippen molar-refractivity contribution in [2.45, 2.75) is 0 Å². The van der Waals surface area contributed by atoms with Crippen LogP contribution in [0.4, 0.5) is 0 Å². The summed E-state index contributed by atoms with van der Waals surface area (Å²) in [5, 5.41) is 0. The van der Waals surface area contributed by atoms with Crippen LogP contribution in [0.5, 0.6) is 0 Å². The van der Waals surface area contributed by atoms with Gasteiger partial charge in [0.05, 0.1) is 0 Å². The van der Waals surface area contributed by atoms with Crippen LogP contribution in [0, 0.1) is 0 Å². The molecule has 7 heavy (non-hydrogen) atoms. The van der Waals surface area contributed by atoms with E-state index in [0.29, 0.717) is 0 Å². The first-order valence-electron chi connectivity index (χ1n) is 0. The Balaban J connectivity index is 0. The molecule has 0 spiro atoms. The van der Waals surface area contributed by atoms with E-state index < -0.39 is 0 Å². The number of rotatable bonds is 0. The second-order valence-corrected chi connectivity index (χ2v) is 0. The molecular weight excluding hydrogens is 250 g/mol. The van der Waals surface area contributed by atoms with Crippen molar-refractivity contribution >= 4 is 0 Å². The first kappa shape index (κ1) is 152. The Morgan fingerprint density at radius 2 is 0.429 bits per heavy atom. The van der Waals surface area contributed by atoms with Crippen LogP contribution in [0.25, 0.3) is 0 Å². The summed E-state index contributed by atoms with van der Waals surface area (Å²) in [6.07, 6.45) is 0. The molecule has 0 radical (unpaired) electrons. The number of halogens is 5. The van der Waals surface area contributed by atoms with Gasteiger partial charge >= 0.3 is 16.8 Å². The van der Waals surface area contributed by atoms with Gasteiger partial charge in [-0.2, -0.15) is 0 Å². The van der Waals surface area contributed by atoms with Gasteiger partial charge in [0.2, 0.25) is 0 Å². The van der Waals surface area contributed by atoms with Gasteiger partial charge in [-0.1, -0.05) is 0 Å². The van der Waals surface area contributed by atoms with Crippen molar-refractivity contribution < 1.29 is 78.8 Å². The van der Waals surface area contributed by atoms with Crippen molar-refractivity contribution in [3.8, 4) is 0 Å². The maximum Gasteiger partial charge on any atom is 3.00 e. The normalized spacial score (nSPS) is 0. The molecule has 0 unspecified atom stereocenters. The van der Waals surface area contributed by atoms with Crippen LogP contribution < -0.4 is 68.2 Å². The first-order chi connectivity index (χ1) is 0. The summed E-state index contributed by atoms with van der Waals surface area (Å²) in [5.41, 5.74) is 0. The average molecular weight is 253 g/mol. The fourth-order valence-electron chi connectivity index (χ4n) is 0. The molecule has 0 aliphatic carbocycles. The van der Waals surface area contributed by atoms with Gasteiger partial charge in [-0.15, -0.1) is 0 Å². The molecule has 0 aromatic heterocycles. The zero-order valence-electron chi connectivity index (χ0n) is 2.93. The van der Waals surface area contributed by atoms with E-state index in [0.717, 1.165) is 0 Å². The van der Waals surface area contributed by atoms with Crippen molar-refractivity contribution in [3.05, 3.63) is 0 Å². The Morgan fingerprint density at radius 3 is 0.429 bits per heavy atom. The minimum atomic E-state index is 0. The molecule has 0 aromatic carbocycles. The van der Waals surface area contributed by atoms with E-state index in [9.17, 15) is 0 Å². The number of hydrogen-bond acceptors (Lipinski definition) is 1. The van der Waals surface area contributed by atoms with Gasteiger partial charge in [-0.05, 0) is 0 Å². The Hall–Kier alpha value is 1.92. The van der Waals surface area contributed by atoms with E-state index in [-0.39, 0.29) is 85.0 Å². The van der Waals surface area contributed by atoms with Crippen molar-refractivity contribution in [1.82, 2.24) is 6.15 Å². The zero-order chi connectivity index (χ0) is 0. The average Bonchev–Trinajstić information content (AvgIpc) is 0. The standard InChI is InChI=1S/5ClH.Co.H3N/h5*1H;;1H3/q;;;;;+3;/p-5. The third-order valence-corrected chi connectivity index (χ3v) is 0. The topological polar surface area (TPSA) is 35.0 Å². The third kappa shape index (κ3) is 75.4. The molecule has 0 aromatic rings. The summed E-state index contributed by atoms with van der Waals surface area (Å²) in [7, 11) is 0. The van der Waals surface area contributed by atoms with E-state index in [2.05, 4.69) is 0 Å². The monoisotopic (exact) mass is 251 g/mol. The van der Waals surface area contributed by atoms with E-state index in [1.807, 2.05) is 0 Å². The van der Waals surface area contributed by atoms with Crippen molar-refractivity contribution in [3.63, 3.8) is 0 Å². The van der Waals surface area contributed by atoms with Crippen molar-refractivity contribution in [2.75, 3.05) is 0 Å². The van der Waals surface area contributed by atoms with Crippen molar-refractivity contribution in [1.29, 1.82) is 0 Å². The van der Waals surface area contributed by atoms with Gasteiger partial charge < -0.3 is 68.2 Å². The third-order valence-electron chi connectivity index (χ3n) is 0. The molecule has 54 valence electrons. The minimum Gasteiger partial charge on any atom is -1.00 e. The second kappa shape index (κ2) is 103. The molecule has 0 saturated carbocycles. The van der Waals surface area contributed by atoms with Crippen LogP contribution >= 0.6 is 0 Å². The molecule has 0 heterocycles. The molecule has 3 N–H and O–H groups in total. The predicted octanol–water partition coefficient (Wildman–Crippen LogP) is -14.8. The van der Waals surface area contributed by atoms with Gasteiger partial charge in [0.1, 0.15) is 0 Å². The summed E-state index contributed by atoms with van der Waals surface area (Å²) in [6.45, 7) is 0. The minimum absolute atomic E-state index is 0. The molecule has 0 aliphatic rings. The number of hydrogen-bond donors (Lipinski definition) is 1. The van der Waals surface area contributed by atoms with Crippen LogP contribution in [0.3, 0.4) is 0 Å². The van der Waals surface area contributed by atoms with Gasteiger partial charge in [0.15, 0.2) is 0 Å². The molecule has 7 heteroatoms. The molecule has 0 saturated heterocycles. The summed E-state index contributed by atoms with van der Waals surface area (Å²) >= 11 is 0. The summed E-state index contributed by atoms with van der Waals surface area (Å²) < 4.78 is 0. The van der Waals surface area contributed by atoms with Crippen LogP contribution in [0.1, 0.15) is 0 Å². The van der Waals surface area contributed by atoms with Gasteiger partial charge in [-0.25, -0.2) is 0 Å². The van der Waals surface area contributed by atoms with Gasteiger partial charge in [-0.3, -0.25) is 0 Å². The molecule has 1 nitrogen and oxygen atoms in total. The summed E-state index contributed by atoms with van der Waals surface area (Å²) in [5.74, 6) is 0. The quantitative estimate of drug-likeness (QED) is 0.457. The Labute approximate surface area is 84.6 Å². The Morgan fingerprint density at radius 1 is 0.429 bits per heavy atom. The van der Waals surface area contributed by atoms with Crippen LogP contribution in [-0.4, -0.2) is 0 Å². The summed E-state index contributed by atoms with van der Waals surface area (Å²) in [6, 6.07) is 0. The Bertz CT molecular complexity index is 8.04. The van der Waals surface area contributed by atoms with E-state index in [1.165, 1.54) is 0 Å². The van der Waals surface area contributed by atoms with E-state index in [4.69, 9.17) is 0 Å². The molecule has 0 bridgehead atoms. The molecule has 0 fully saturated rings. The van der Waals surface area contributed by atoms with Gasteiger partial charge in [0.25, 0.3) is 0 Å². The SMILES string of the molecule is N.[Cl-].[Cl-].[Cl-].[Cl-].[Cl-].[Co+3]. The maximum absolute atomic E-state index is 0. The largest absolute Gasteiger partial charge is 3.00 e. The van der Waals surface area contributed by atoms with Gasteiger partial charge in [0, 0.05) is 0 Å². The fraction of sp³-hybridized carbons (Fsp3) is 0. The van der Waals surface area contributed by atoms with Crippen LogP contribution in [-0.2, 0) is 16.8 Å². The predicted molar refractivity (Wildman–Crippen MR) is 5.02 cm³/mol. The Kier molecular flexibility index (Phi) is 2240. The van der Waals surface area contributed by atoms with Crippen LogP contribution in [0.15, 0.2) is 0 Å². The smallest absolute Gasteiger partial charge is 1.00 e. The fourth-order valence-corrected chi connectivity index (χ4v) is 0. The first-order valence-corrected chi connectivity index (χ1v) is 0.